The molecule has 0 radical (unpaired) electrons. The molecular weight excluding hydrogens is 333 g/mol. The first-order valence-electron chi connectivity index (χ1n) is 6.52. The smallest absolute Gasteiger partial charge is 0.387 e. The van der Waals surface area contributed by atoms with Crippen molar-refractivity contribution in [2.24, 2.45) is 0 Å². The van der Waals surface area contributed by atoms with Crippen LogP contribution in [0.15, 0.2) is 6.33 Å². The standard InChI is InChI=1S/C10H12N5O7P/c11-7-2-8(13-1-12-7)15-9(14-2)6(22-23(18,19)20)5-3(16)4(17)10(15)21-5/h1,3-6,10,16-17H,(H2,11,12,13)(H2,18,19,20)/t3?,4-,5+,6?,10-/m1/s1. The number of hydrogen-bond donors (Lipinski definition) is 5. The molecule has 13 heteroatoms. The van der Waals surface area contributed by atoms with E-state index < -0.39 is 38.5 Å². The summed E-state index contributed by atoms with van der Waals surface area (Å²) in [6.45, 7) is 0. The van der Waals surface area contributed by atoms with Gasteiger partial charge in [0.1, 0.15) is 30.5 Å². The van der Waals surface area contributed by atoms with Crippen molar-refractivity contribution in [2.75, 3.05) is 5.73 Å². The van der Waals surface area contributed by atoms with Crippen LogP contribution in [0.4, 0.5) is 5.82 Å². The van der Waals surface area contributed by atoms with E-state index in [-0.39, 0.29) is 22.8 Å². The Morgan fingerprint density at radius 2 is 2.04 bits per heavy atom. The van der Waals surface area contributed by atoms with Gasteiger partial charge in [-0.05, 0) is 0 Å². The third-order valence-corrected chi connectivity index (χ3v) is 4.37. The molecule has 5 atom stereocenters. The summed E-state index contributed by atoms with van der Waals surface area (Å²) >= 11 is 0. The summed E-state index contributed by atoms with van der Waals surface area (Å²) in [6, 6.07) is 0. The first-order valence-corrected chi connectivity index (χ1v) is 8.05. The molecule has 4 heterocycles. The van der Waals surface area contributed by atoms with Gasteiger partial charge in [-0.2, -0.15) is 0 Å². The lowest BCUT2D eigenvalue weighted by Gasteiger charge is -2.30. The van der Waals surface area contributed by atoms with E-state index in [2.05, 4.69) is 15.0 Å². The predicted octanol–water partition coefficient (Wildman–Crippen LogP) is -1.81. The number of nitrogens with zero attached hydrogens (tertiary/aromatic N) is 4. The lowest BCUT2D eigenvalue weighted by atomic mass is 10.1. The Kier molecular flexibility index (Phi) is 3.03. The number of aromatic nitrogens is 4. The van der Waals surface area contributed by atoms with Crippen LogP contribution in [0.2, 0.25) is 0 Å². The third-order valence-electron chi connectivity index (χ3n) is 3.87. The number of hydrogen-bond acceptors (Lipinski definition) is 9. The number of ether oxygens (including phenoxy) is 1. The van der Waals surface area contributed by atoms with Crippen LogP contribution in [0.5, 0.6) is 0 Å². The second-order valence-corrected chi connectivity index (χ2v) is 6.45. The minimum Gasteiger partial charge on any atom is -0.387 e. The fraction of sp³-hybridized carbons (Fsp3) is 0.500. The Labute approximate surface area is 127 Å². The fourth-order valence-electron chi connectivity index (χ4n) is 2.95. The van der Waals surface area contributed by atoms with Gasteiger partial charge in [-0.25, -0.2) is 19.5 Å². The van der Waals surface area contributed by atoms with Crippen LogP contribution >= 0.6 is 7.82 Å². The number of rotatable bonds is 2. The molecule has 0 amide bonds. The maximum atomic E-state index is 11.2. The van der Waals surface area contributed by atoms with Crippen LogP contribution in [-0.4, -0.2) is 57.8 Å². The van der Waals surface area contributed by atoms with E-state index in [0.29, 0.717) is 0 Å². The van der Waals surface area contributed by atoms with Crippen LogP contribution in [0, 0.1) is 0 Å². The number of imidazole rings is 1. The molecule has 2 aliphatic rings. The van der Waals surface area contributed by atoms with E-state index in [1.54, 1.807) is 0 Å². The summed E-state index contributed by atoms with van der Waals surface area (Å²) in [4.78, 5) is 30.2. The van der Waals surface area contributed by atoms with Gasteiger partial charge in [-0.1, -0.05) is 0 Å². The Morgan fingerprint density at radius 1 is 1.30 bits per heavy atom. The Bertz CT molecular complexity index is 836. The highest BCUT2D eigenvalue weighted by molar-refractivity contribution is 7.46. The second kappa shape index (κ2) is 4.68. The zero-order valence-corrected chi connectivity index (χ0v) is 12.2. The number of nitrogens with two attached hydrogens (primary N) is 1. The summed E-state index contributed by atoms with van der Waals surface area (Å²) in [5.74, 6) is 0.0881. The molecule has 2 bridgehead atoms. The van der Waals surface area contributed by atoms with Gasteiger partial charge < -0.3 is 30.5 Å². The molecule has 0 aliphatic carbocycles. The Balaban J connectivity index is 1.96. The molecule has 1 fully saturated rings. The normalized spacial score (nSPS) is 33.1. The van der Waals surface area contributed by atoms with Crippen molar-refractivity contribution in [1.82, 2.24) is 19.5 Å². The van der Waals surface area contributed by atoms with Gasteiger partial charge >= 0.3 is 7.82 Å². The monoisotopic (exact) mass is 345 g/mol. The lowest BCUT2D eigenvalue weighted by Crippen LogP contribution is -2.35. The number of anilines is 1. The van der Waals surface area contributed by atoms with Gasteiger partial charge in [0, 0.05) is 0 Å². The number of aliphatic hydroxyl groups is 2. The average Bonchev–Trinajstić information content (AvgIpc) is 2.96. The maximum Gasteiger partial charge on any atom is 0.470 e. The minimum absolute atomic E-state index is 0.0346. The van der Waals surface area contributed by atoms with Crippen molar-refractivity contribution >= 4 is 24.8 Å². The van der Waals surface area contributed by atoms with Crippen molar-refractivity contribution in [3.05, 3.63) is 12.2 Å². The van der Waals surface area contributed by atoms with E-state index in [1.165, 1.54) is 10.9 Å². The van der Waals surface area contributed by atoms with Gasteiger partial charge in [0.15, 0.2) is 29.3 Å². The molecule has 2 aliphatic heterocycles. The molecule has 12 nitrogen and oxygen atoms in total. The second-order valence-electron chi connectivity index (χ2n) is 5.26. The number of aliphatic hydroxyl groups excluding tert-OH is 2. The summed E-state index contributed by atoms with van der Waals surface area (Å²) in [5.41, 5.74) is 6.10. The lowest BCUT2D eigenvalue weighted by molar-refractivity contribution is -0.111. The molecule has 0 aromatic carbocycles. The Morgan fingerprint density at radius 3 is 2.74 bits per heavy atom. The molecule has 0 spiro atoms. The van der Waals surface area contributed by atoms with Crippen LogP contribution in [-0.2, 0) is 13.8 Å². The predicted molar refractivity (Wildman–Crippen MR) is 71.5 cm³/mol. The number of phosphoric ester groups is 1. The van der Waals surface area contributed by atoms with E-state index in [4.69, 9.17) is 24.8 Å². The highest BCUT2D eigenvalue weighted by Crippen LogP contribution is 2.51. The van der Waals surface area contributed by atoms with Crippen LogP contribution in [0.3, 0.4) is 0 Å². The van der Waals surface area contributed by atoms with E-state index in [0.717, 1.165) is 0 Å². The van der Waals surface area contributed by atoms with Crippen molar-refractivity contribution in [3.63, 3.8) is 0 Å². The molecule has 23 heavy (non-hydrogen) atoms. The summed E-state index contributed by atoms with van der Waals surface area (Å²) in [6.07, 6.45) is -5.21. The zero-order valence-electron chi connectivity index (χ0n) is 11.3. The summed E-state index contributed by atoms with van der Waals surface area (Å²) in [5, 5.41) is 20.2. The molecule has 1 saturated heterocycles. The SMILES string of the molecule is Nc1ncnc2c1nc1n2[C@@H]2O[C@H](C1OP(=O)(O)O)C(O)[C@H]2O. The van der Waals surface area contributed by atoms with Gasteiger partial charge in [-0.3, -0.25) is 9.09 Å². The van der Waals surface area contributed by atoms with Crippen LogP contribution in [0.25, 0.3) is 11.2 Å². The summed E-state index contributed by atoms with van der Waals surface area (Å²) in [7, 11) is -4.92. The molecule has 2 unspecified atom stereocenters. The van der Waals surface area contributed by atoms with Crippen molar-refractivity contribution in [1.29, 1.82) is 0 Å². The zero-order chi connectivity index (χ0) is 16.5. The Hall–Kier alpha value is -1.66. The molecule has 2 aromatic heterocycles. The quantitative estimate of drug-likeness (QED) is 0.386. The summed E-state index contributed by atoms with van der Waals surface area (Å²) < 4.78 is 22.7. The first kappa shape index (κ1) is 14.9. The average molecular weight is 345 g/mol. The molecule has 0 saturated carbocycles. The molecular formula is C10H12N5O7P. The van der Waals surface area contributed by atoms with Crippen molar-refractivity contribution < 1.29 is 33.8 Å². The van der Waals surface area contributed by atoms with Crippen molar-refractivity contribution in [3.8, 4) is 0 Å². The highest BCUT2D eigenvalue weighted by Gasteiger charge is 2.56. The molecule has 6 N–H and O–H groups in total. The topological polar surface area (TPSA) is 186 Å². The first-order chi connectivity index (χ1) is 10.8. The van der Waals surface area contributed by atoms with Crippen LogP contribution < -0.4 is 5.73 Å². The third kappa shape index (κ3) is 2.08. The van der Waals surface area contributed by atoms with Gasteiger partial charge in [0.2, 0.25) is 0 Å². The van der Waals surface area contributed by atoms with Gasteiger partial charge in [0.05, 0.1) is 0 Å². The number of nitrogen functional groups attached to an aromatic ring is 1. The van der Waals surface area contributed by atoms with Gasteiger partial charge in [0.25, 0.3) is 0 Å². The largest absolute Gasteiger partial charge is 0.470 e. The maximum absolute atomic E-state index is 11.2. The molecule has 4 rings (SSSR count). The highest BCUT2D eigenvalue weighted by atomic mass is 31.2. The van der Waals surface area contributed by atoms with Crippen LogP contribution in [0.1, 0.15) is 18.2 Å². The fourth-order valence-corrected chi connectivity index (χ4v) is 3.46. The molecule has 2 aromatic rings. The van der Waals surface area contributed by atoms with E-state index in [9.17, 15) is 14.8 Å². The number of fused-ring (bicyclic) bond motifs is 6. The number of phosphoric acid groups is 1. The van der Waals surface area contributed by atoms with Gasteiger partial charge in [-0.15, -0.1) is 0 Å². The van der Waals surface area contributed by atoms with E-state index >= 15 is 0 Å². The molecule has 124 valence electrons. The van der Waals surface area contributed by atoms with E-state index in [1.807, 2.05) is 0 Å². The van der Waals surface area contributed by atoms with Crippen molar-refractivity contribution in [2.45, 2.75) is 30.6 Å². The minimum atomic E-state index is -4.92.